The van der Waals surface area contributed by atoms with E-state index >= 15 is 0 Å². The lowest BCUT2D eigenvalue weighted by molar-refractivity contribution is -0.173. The Labute approximate surface area is 236 Å². The third kappa shape index (κ3) is 6.65. The van der Waals surface area contributed by atoms with Crippen molar-refractivity contribution in [3.05, 3.63) is 24.2 Å². The number of esters is 2. The molecule has 1 aliphatic heterocycles. The Morgan fingerprint density at radius 3 is 2.34 bits per heavy atom. The Balaban J connectivity index is 2.16. The largest absolute Gasteiger partial charge is 0.508 e. The first-order valence-corrected chi connectivity index (χ1v) is 13.0. The summed E-state index contributed by atoms with van der Waals surface area (Å²) in [4.78, 5) is 53.8. The van der Waals surface area contributed by atoms with Crippen LogP contribution in [0, 0.1) is 23.2 Å². The summed E-state index contributed by atoms with van der Waals surface area (Å²) < 4.78 is 29.2. The average molecular weight is 575 g/mol. The van der Waals surface area contributed by atoms with Gasteiger partial charge in [0.25, 0.3) is 0 Å². The molecule has 1 fully saturated rings. The molecule has 4 atom stereocenters. The number of nitrogens with one attached hydrogen (secondary N) is 2. The summed E-state index contributed by atoms with van der Waals surface area (Å²) in [6.45, 7) is 9.18. The number of urea groups is 1. The van der Waals surface area contributed by atoms with Gasteiger partial charge in [0, 0.05) is 7.05 Å². The molecule has 0 aliphatic carbocycles. The smallest absolute Gasteiger partial charge is 0.455 e. The van der Waals surface area contributed by atoms with Crippen molar-refractivity contribution in [1.29, 1.82) is 5.26 Å². The molecular formula is C26H34N6O9. The highest BCUT2D eigenvalue weighted by molar-refractivity contribution is 5.92. The molecule has 3 rings (SSSR count). The Kier molecular flexibility index (Phi) is 9.71. The van der Waals surface area contributed by atoms with Gasteiger partial charge in [0.05, 0.1) is 23.6 Å². The quantitative estimate of drug-likeness (QED) is 0.328. The van der Waals surface area contributed by atoms with E-state index in [1.165, 1.54) is 23.7 Å². The summed E-state index contributed by atoms with van der Waals surface area (Å²) in [5.74, 6) is -2.43. The summed E-state index contributed by atoms with van der Waals surface area (Å²) in [6.07, 6.45) is -4.45. The van der Waals surface area contributed by atoms with Crippen LogP contribution in [-0.4, -0.2) is 76.8 Å². The molecule has 1 aliphatic rings. The third-order valence-electron chi connectivity index (χ3n) is 6.00. The molecule has 3 heterocycles. The van der Waals surface area contributed by atoms with Crippen molar-refractivity contribution in [2.45, 2.75) is 71.6 Å². The van der Waals surface area contributed by atoms with Gasteiger partial charge in [-0.25, -0.2) is 19.1 Å². The number of amides is 2. The monoisotopic (exact) mass is 574 g/mol. The zero-order valence-corrected chi connectivity index (χ0v) is 23.9. The van der Waals surface area contributed by atoms with Gasteiger partial charge in [-0.05, 0) is 26.0 Å². The van der Waals surface area contributed by atoms with Crippen molar-refractivity contribution in [3.63, 3.8) is 0 Å². The second-order valence-electron chi connectivity index (χ2n) is 10.1. The van der Waals surface area contributed by atoms with Crippen molar-refractivity contribution < 1.29 is 42.9 Å². The van der Waals surface area contributed by atoms with Crippen LogP contribution in [0.1, 0.15) is 47.2 Å². The minimum absolute atomic E-state index is 0.0803. The van der Waals surface area contributed by atoms with Gasteiger partial charge in [-0.1, -0.05) is 27.7 Å². The zero-order valence-electron chi connectivity index (χ0n) is 23.9. The molecule has 0 radical (unpaired) electrons. The van der Waals surface area contributed by atoms with Crippen LogP contribution in [0.15, 0.2) is 18.5 Å². The van der Waals surface area contributed by atoms with Gasteiger partial charge in [0.2, 0.25) is 5.60 Å². The van der Waals surface area contributed by atoms with E-state index in [2.05, 4.69) is 26.8 Å². The van der Waals surface area contributed by atoms with E-state index in [0.717, 1.165) is 6.33 Å². The standard InChI is InChI=1S/C26H34N6O9/c1-13(2)22(33)39-19-17(10-37-25(36)38-15(5)6)41-26(11-27,20(19)40-23(34)14(3)4)18-9-8-16-21(31-24(35)28-7)29-12-30-32(16)18/h8-9,12-15,17,19-20H,10H2,1-7H3,(H2,28,29,30,31,35)/t17-,19-,20-,26+/m1/s1. The summed E-state index contributed by atoms with van der Waals surface area (Å²) in [7, 11) is 1.43. The van der Waals surface area contributed by atoms with Crippen molar-refractivity contribution in [1.82, 2.24) is 19.9 Å². The molecule has 2 amide bonds. The first-order valence-electron chi connectivity index (χ1n) is 13.0. The Hall–Kier alpha value is -4.45. The Bertz CT molecular complexity index is 1330. The number of carbonyl (C=O) groups excluding carboxylic acids is 4. The SMILES string of the molecule is CNC(=O)Nc1ncnn2c([C@]3(C#N)O[C@H](COC(=O)OC(C)C)[C@@H](OC(=O)C(C)C)[C@H]3OC(=O)C(C)C)ccc12. The summed E-state index contributed by atoms with van der Waals surface area (Å²) in [6, 6.07) is 4.54. The first kappa shape index (κ1) is 31.1. The molecule has 1 saturated heterocycles. The van der Waals surface area contributed by atoms with Gasteiger partial charge in [-0.3, -0.25) is 14.9 Å². The number of carbonyl (C=O) groups is 4. The normalized spacial score (nSPS) is 21.9. The van der Waals surface area contributed by atoms with Crippen LogP contribution in [0.25, 0.3) is 5.52 Å². The number of nitrogens with zero attached hydrogens (tertiary/aromatic N) is 4. The van der Waals surface area contributed by atoms with Crippen molar-refractivity contribution >= 4 is 35.5 Å². The number of hydrogen-bond donors (Lipinski definition) is 2. The van der Waals surface area contributed by atoms with Gasteiger partial charge in [0.15, 0.2) is 18.0 Å². The van der Waals surface area contributed by atoms with Gasteiger partial charge >= 0.3 is 24.1 Å². The molecule has 222 valence electrons. The number of anilines is 1. The summed E-state index contributed by atoms with van der Waals surface area (Å²) in [5.41, 5.74) is -1.74. The van der Waals surface area contributed by atoms with Crippen LogP contribution in [0.3, 0.4) is 0 Å². The fourth-order valence-corrected chi connectivity index (χ4v) is 3.96. The zero-order chi connectivity index (χ0) is 30.5. The number of fused-ring (bicyclic) bond motifs is 1. The maximum atomic E-state index is 12.9. The van der Waals surface area contributed by atoms with E-state index in [1.54, 1.807) is 41.5 Å². The van der Waals surface area contributed by atoms with E-state index in [1.807, 2.05) is 0 Å². The highest BCUT2D eigenvalue weighted by Gasteiger charge is 2.63. The van der Waals surface area contributed by atoms with E-state index < -0.39 is 72.6 Å². The predicted octanol–water partition coefficient (Wildman–Crippen LogP) is 2.30. The van der Waals surface area contributed by atoms with Gasteiger partial charge in [0.1, 0.15) is 30.6 Å². The molecule has 2 aromatic heterocycles. The molecule has 0 bridgehead atoms. The maximum Gasteiger partial charge on any atom is 0.508 e. The van der Waals surface area contributed by atoms with Crippen LogP contribution in [0.4, 0.5) is 15.4 Å². The van der Waals surface area contributed by atoms with Crippen molar-refractivity contribution in [3.8, 4) is 6.07 Å². The van der Waals surface area contributed by atoms with Crippen LogP contribution in [-0.2, 0) is 38.9 Å². The molecule has 0 spiro atoms. The van der Waals surface area contributed by atoms with Crippen molar-refractivity contribution in [2.75, 3.05) is 19.0 Å². The Morgan fingerprint density at radius 2 is 1.76 bits per heavy atom. The highest BCUT2D eigenvalue weighted by atomic mass is 16.7. The highest BCUT2D eigenvalue weighted by Crippen LogP contribution is 2.44. The van der Waals surface area contributed by atoms with Crippen LogP contribution >= 0.6 is 0 Å². The van der Waals surface area contributed by atoms with E-state index in [4.69, 9.17) is 23.7 Å². The topological polar surface area (TPSA) is 192 Å². The van der Waals surface area contributed by atoms with E-state index in [0.29, 0.717) is 0 Å². The van der Waals surface area contributed by atoms with E-state index in [9.17, 15) is 24.4 Å². The number of nitriles is 1. The molecule has 2 aromatic rings. The number of ether oxygens (including phenoxy) is 5. The van der Waals surface area contributed by atoms with Crippen LogP contribution < -0.4 is 10.6 Å². The molecule has 2 N–H and O–H groups in total. The lowest BCUT2D eigenvalue weighted by atomic mass is 9.92. The molecule has 0 saturated carbocycles. The maximum absolute atomic E-state index is 12.9. The van der Waals surface area contributed by atoms with Crippen molar-refractivity contribution in [2.24, 2.45) is 11.8 Å². The second kappa shape index (κ2) is 12.8. The third-order valence-corrected chi connectivity index (χ3v) is 6.00. The molecule has 41 heavy (non-hydrogen) atoms. The molecule has 0 aromatic carbocycles. The second-order valence-corrected chi connectivity index (χ2v) is 10.1. The average Bonchev–Trinajstić information content (AvgIpc) is 3.47. The lowest BCUT2D eigenvalue weighted by Crippen LogP contribution is -2.47. The number of rotatable bonds is 9. The lowest BCUT2D eigenvalue weighted by Gasteiger charge is -2.29. The molecule has 15 heteroatoms. The first-order chi connectivity index (χ1) is 19.3. The predicted molar refractivity (Wildman–Crippen MR) is 140 cm³/mol. The minimum Gasteiger partial charge on any atom is -0.455 e. The van der Waals surface area contributed by atoms with Gasteiger partial charge < -0.3 is 29.0 Å². The summed E-state index contributed by atoms with van der Waals surface area (Å²) >= 11 is 0. The van der Waals surface area contributed by atoms with Crippen LogP contribution in [0.5, 0.6) is 0 Å². The molecule has 0 unspecified atom stereocenters. The molecule has 15 nitrogen and oxygen atoms in total. The van der Waals surface area contributed by atoms with Gasteiger partial charge in [-0.2, -0.15) is 10.4 Å². The number of aromatic nitrogens is 3. The van der Waals surface area contributed by atoms with E-state index in [-0.39, 0.29) is 17.0 Å². The molecular weight excluding hydrogens is 540 g/mol. The fraction of sp³-hybridized carbons (Fsp3) is 0.577. The van der Waals surface area contributed by atoms with Crippen LogP contribution in [0.2, 0.25) is 0 Å². The fourth-order valence-electron chi connectivity index (χ4n) is 3.96. The van der Waals surface area contributed by atoms with Gasteiger partial charge in [-0.15, -0.1) is 0 Å². The number of hydrogen-bond acceptors (Lipinski definition) is 12. The summed E-state index contributed by atoms with van der Waals surface area (Å²) in [5, 5.41) is 19.8. The Morgan fingerprint density at radius 1 is 1.10 bits per heavy atom. The minimum atomic E-state index is -2.10.